The quantitative estimate of drug-likeness (QED) is 0.167. The molecule has 1 amide bonds. The summed E-state index contributed by atoms with van der Waals surface area (Å²) in [5.41, 5.74) is 0.0209. The minimum Gasteiger partial charge on any atom is -0.428 e. The predicted octanol–water partition coefficient (Wildman–Crippen LogP) is 9.97. The van der Waals surface area contributed by atoms with E-state index in [0.717, 1.165) is 5.56 Å². The molecule has 0 radical (unpaired) electrons. The number of ether oxygens (including phenoxy) is 1. The number of hydrogen-bond acceptors (Lipinski definition) is 3. The van der Waals surface area contributed by atoms with Gasteiger partial charge >= 0.3 is 18.7 Å². The lowest BCUT2D eigenvalue weighted by Gasteiger charge is -2.17. The highest BCUT2D eigenvalue weighted by atomic mass is 19.4. The number of anilines is 1. The Kier molecular flexibility index (Phi) is 14.9. The van der Waals surface area contributed by atoms with Gasteiger partial charge in [-0.1, -0.05) is 56.3 Å². The largest absolute Gasteiger partial charge is 0.461 e. The van der Waals surface area contributed by atoms with E-state index in [1.807, 2.05) is 61.6 Å². The van der Waals surface area contributed by atoms with Crippen LogP contribution in [0.1, 0.15) is 35.3 Å². The smallest absolute Gasteiger partial charge is 0.428 e. The number of nitrogens with one attached hydrogen (secondary N) is 1. The van der Waals surface area contributed by atoms with Crippen LogP contribution >= 0.6 is 0 Å². The molecule has 0 saturated carbocycles. The second kappa shape index (κ2) is 17.8. The molecule has 0 saturated heterocycles. The van der Waals surface area contributed by atoms with E-state index in [0.29, 0.717) is 35.9 Å². The maximum atomic E-state index is 13.5. The summed E-state index contributed by atoms with van der Waals surface area (Å²) < 4.78 is 118. The van der Waals surface area contributed by atoms with Crippen molar-refractivity contribution in [1.82, 2.24) is 0 Å². The number of halogens is 9. The summed E-state index contributed by atoms with van der Waals surface area (Å²) in [7, 11) is 0. The number of alkyl halides is 7. The second-order valence-corrected chi connectivity index (χ2v) is 8.34. The lowest BCUT2D eigenvalue weighted by atomic mass is 10.0. The summed E-state index contributed by atoms with van der Waals surface area (Å²) in [6.45, 7) is 4.00. The van der Waals surface area contributed by atoms with Gasteiger partial charge in [0, 0.05) is 23.4 Å². The summed E-state index contributed by atoms with van der Waals surface area (Å²) in [6, 6.07) is 22.5. The van der Waals surface area contributed by atoms with Gasteiger partial charge in [-0.15, -0.1) is 12.8 Å². The zero-order valence-electron chi connectivity index (χ0n) is 24.1. The maximum absolute atomic E-state index is 13.5. The highest BCUT2D eigenvalue weighted by Gasteiger charge is 2.44. The van der Waals surface area contributed by atoms with Gasteiger partial charge in [0.1, 0.15) is 17.4 Å². The first-order valence-electron chi connectivity index (χ1n) is 12.9. The number of carbonyl (C=O) groups excluding carboxylic acids is 1. The minimum atomic E-state index is -5.10. The standard InChI is InChI=1S/C16H8F9NO2.C13H9N.C2H6.C2H2/c17-8-4-9(6-10(5-8)28-16(24,25)14(19)20)26-13(27)7-1-2-12(18)11(3-7)15(21,22)23;14-10-11-6-8-13(9-7-11)12-4-2-1-3-5-12;2*1-2/h1-6,14H,(H,26,27);1-9H;1-2H3;1-2H. The van der Waals surface area contributed by atoms with Crippen molar-refractivity contribution in [2.75, 3.05) is 5.32 Å². The lowest BCUT2D eigenvalue weighted by Crippen LogP contribution is -2.33. The van der Waals surface area contributed by atoms with Crippen LogP contribution in [0.25, 0.3) is 11.1 Å². The molecule has 0 aliphatic heterocycles. The van der Waals surface area contributed by atoms with Crippen LogP contribution in [0.2, 0.25) is 0 Å². The van der Waals surface area contributed by atoms with Crippen LogP contribution in [0.5, 0.6) is 5.75 Å². The summed E-state index contributed by atoms with van der Waals surface area (Å²) in [5, 5.41) is 10.5. The topological polar surface area (TPSA) is 62.1 Å². The molecule has 1 N–H and O–H groups in total. The minimum absolute atomic E-state index is 0.187. The van der Waals surface area contributed by atoms with Crippen LogP contribution in [0.15, 0.2) is 91.0 Å². The molecule has 13 heteroatoms. The molecular weight excluding hydrogens is 627 g/mol. The van der Waals surface area contributed by atoms with Crippen LogP contribution in [0.4, 0.5) is 45.2 Å². The van der Waals surface area contributed by atoms with Crippen molar-refractivity contribution >= 4 is 11.6 Å². The van der Waals surface area contributed by atoms with Gasteiger partial charge in [0.25, 0.3) is 5.91 Å². The Balaban J connectivity index is 0.000000489. The second-order valence-electron chi connectivity index (χ2n) is 8.34. The zero-order chi connectivity index (χ0) is 35.1. The highest BCUT2D eigenvalue weighted by Crippen LogP contribution is 2.33. The third kappa shape index (κ3) is 11.6. The molecule has 4 rings (SSSR count). The molecule has 0 aromatic heterocycles. The first-order chi connectivity index (χ1) is 21.7. The fraction of sp³-hybridized carbons (Fsp3) is 0.152. The Morgan fingerprint density at radius 3 is 1.91 bits per heavy atom. The predicted molar refractivity (Wildman–Crippen MR) is 155 cm³/mol. The van der Waals surface area contributed by atoms with Gasteiger partial charge in [0.05, 0.1) is 17.2 Å². The zero-order valence-corrected chi connectivity index (χ0v) is 24.1. The van der Waals surface area contributed by atoms with Crippen molar-refractivity contribution < 1.29 is 49.0 Å². The van der Waals surface area contributed by atoms with Crippen LogP contribution in [-0.4, -0.2) is 18.4 Å². The van der Waals surface area contributed by atoms with Crippen LogP contribution < -0.4 is 10.1 Å². The van der Waals surface area contributed by atoms with Crippen LogP contribution in [0, 0.1) is 35.8 Å². The van der Waals surface area contributed by atoms with E-state index in [1.54, 1.807) is 0 Å². The summed E-state index contributed by atoms with van der Waals surface area (Å²) in [6.07, 6.45) is -6.27. The van der Waals surface area contributed by atoms with E-state index in [1.165, 1.54) is 5.56 Å². The molecule has 0 heterocycles. The molecule has 4 aromatic rings. The van der Waals surface area contributed by atoms with E-state index in [2.05, 4.69) is 35.8 Å². The van der Waals surface area contributed by atoms with E-state index in [9.17, 15) is 44.3 Å². The number of rotatable bonds is 6. The molecule has 0 bridgehead atoms. The van der Waals surface area contributed by atoms with E-state index >= 15 is 0 Å². The normalized spacial score (nSPS) is 10.5. The molecule has 242 valence electrons. The van der Waals surface area contributed by atoms with Crippen LogP contribution in [0.3, 0.4) is 0 Å². The van der Waals surface area contributed by atoms with Gasteiger partial charge in [-0.05, 0) is 47.5 Å². The van der Waals surface area contributed by atoms with E-state index in [4.69, 9.17) is 5.26 Å². The van der Waals surface area contributed by atoms with Gasteiger partial charge in [0.15, 0.2) is 0 Å². The molecule has 0 fully saturated rings. The van der Waals surface area contributed by atoms with E-state index in [-0.39, 0.29) is 6.07 Å². The van der Waals surface area contributed by atoms with Crippen molar-refractivity contribution in [3.05, 3.63) is 119 Å². The fourth-order valence-electron chi connectivity index (χ4n) is 3.35. The fourth-order valence-corrected chi connectivity index (χ4v) is 3.35. The average molecular weight is 653 g/mol. The monoisotopic (exact) mass is 652 g/mol. The first-order valence-corrected chi connectivity index (χ1v) is 12.9. The van der Waals surface area contributed by atoms with Gasteiger partial charge in [-0.3, -0.25) is 4.79 Å². The number of nitriles is 1. The molecule has 0 spiro atoms. The molecule has 46 heavy (non-hydrogen) atoms. The number of benzene rings is 4. The van der Waals surface area contributed by atoms with E-state index < -0.39 is 58.8 Å². The third-order valence-corrected chi connectivity index (χ3v) is 5.29. The Labute approximate surface area is 259 Å². The van der Waals surface area contributed by atoms with Gasteiger partial charge in [-0.25, -0.2) is 8.78 Å². The van der Waals surface area contributed by atoms with Crippen LogP contribution in [-0.2, 0) is 6.18 Å². The maximum Gasteiger partial charge on any atom is 0.461 e. The number of nitrogens with zero attached hydrogens (tertiary/aromatic N) is 1. The molecular formula is C33H25F9N2O2. The molecule has 0 aliphatic rings. The van der Waals surface area contributed by atoms with Crippen molar-refractivity contribution in [3.8, 4) is 35.8 Å². The molecule has 4 aromatic carbocycles. The Morgan fingerprint density at radius 1 is 0.826 bits per heavy atom. The number of amides is 1. The molecule has 0 atom stereocenters. The van der Waals surface area contributed by atoms with Crippen molar-refractivity contribution in [3.63, 3.8) is 0 Å². The number of hydrogen-bond donors (Lipinski definition) is 1. The average Bonchev–Trinajstić information content (AvgIpc) is 3.03. The van der Waals surface area contributed by atoms with Gasteiger partial charge < -0.3 is 10.1 Å². The number of carbonyl (C=O) groups is 1. The Bertz CT molecular complexity index is 1610. The van der Waals surface area contributed by atoms with Gasteiger partial charge in [0.2, 0.25) is 0 Å². The Hall–Kier alpha value is -5.43. The SMILES string of the molecule is C#C.CC.N#Cc1ccc(-c2ccccc2)cc1.O=C(Nc1cc(F)cc(OC(F)(F)C(F)F)c1)c1ccc(F)c(C(F)(F)F)c1. The molecule has 0 unspecified atom stereocenters. The molecule has 4 nitrogen and oxygen atoms in total. The summed E-state index contributed by atoms with van der Waals surface area (Å²) >= 11 is 0. The highest BCUT2D eigenvalue weighted by molar-refractivity contribution is 6.04. The van der Waals surface area contributed by atoms with Gasteiger partial charge in [-0.2, -0.15) is 36.0 Å². The van der Waals surface area contributed by atoms with Crippen molar-refractivity contribution in [1.29, 1.82) is 5.26 Å². The lowest BCUT2D eigenvalue weighted by molar-refractivity contribution is -0.253. The Morgan fingerprint density at radius 2 is 1.39 bits per heavy atom. The van der Waals surface area contributed by atoms with Crippen molar-refractivity contribution in [2.24, 2.45) is 0 Å². The summed E-state index contributed by atoms with van der Waals surface area (Å²) in [4.78, 5) is 12.0. The third-order valence-electron chi connectivity index (χ3n) is 5.29. The van der Waals surface area contributed by atoms with Crippen molar-refractivity contribution in [2.45, 2.75) is 32.6 Å². The molecule has 0 aliphatic carbocycles. The number of terminal acetylenes is 1. The summed E-state index contributed by atoms with van der Waals surface area (Å²) in [5.74, 6) is -5.26. The first kappa shape index (κ1) is 38.6.